The molecule has 0 bridgehead atoms. The fraction of sp³-hybridized carbons (Fsp3) is 0.417. The van der Waals surface area contributed by atoms with Crippen molar-refractivity contribution in [2.75, 3.05) is 25.5 Å². The summed E-state index contributed by atoms with van der Waals surface area (Å²) in [4.78, 5) is 24.3. The smallest absolute Gasteiger partial charge is 0.255 e. The molecule has 172 valence electrons. The highest BCUT2D eigenvalue weighted by Gasteiger charge is 2.27. The number of hydrogen-bond donors (Lipinski definition) is 4. The Kier molecular flexibility index (Phi) is 8.74. The first-order valence-corrected chi connectivity index (χ1v) is 11.1. The fourth-order valence-electron chi connectivity index (χ4n) is 3.47. The van der Waals surface area contributed by atoms with Gasteiger partial charge in [-0.15, -0.1) is 0 Å². The van der Waals surface area contributed by atoms with Crippen LogP contribution in [0, 0.1) is 0 Å². The van der Waals surface area contributed by atoms with Crippen LogP contribution >= 0.6 is 0 Å². The Bertz CT molecular complexity index is 901. The van der Waals surface area contributed by atoms with Crippen LogP contribution in [0.25, 0.3) is 0 Å². The number of unbranched alkanes of at least 4 members (excludes halogenated alkanes) is 3. The zero-order chi connectivity index (χ0) is 22.8. The molecule has 1 fully saturated rings. The summed E-state index contributed by atoms with van der Waals surface area (Å²) >= 11 is 0. The van der Waals surface area contributed by atoms with Crippen LogP contribution in [0.4, 0.5) is 5.69 Å². The highest BCUT2D eigenvalue weighted by atomic mass is 16.5. The lowest BCUT2D eigenvalue weighted by molar-refractivity contribution is -0.120. The van der Waals surface area contributed by atoms with Crippen LogP contribution in [0.2, 0.25) is 0 Å². The molecule has 8 nitrogen and oxygen atoms in total. The maximum absolute atomic E-state index is 12.6. The van der Waals surface area contributed by atoms with Gasteiger partial charge in [0.2, 0.25) is 5.91 Å². The molecule has 2 aromatic carbocycles. The number of carbonyl (C=O) groups excluding carboxylic acids is 2. The van der Waals surface area contributed by atoms with Crippen molar-refractivity contribution < 1.29 is 19.1 Å². The fourth-order valence-corrected chi connectivity index (χ4v) is 3.47. The zero-order valence-electron chi connectivity index (χ0n) is 18.3. The molecule has 32 heavy (non-hydrogen) atoms. The van der Waals surface area contributed by atoms with E-state index in [0.717, 1.165) is 37.0 Å². The Morgan fingerprint density at radius 2 is 1.75 bits per heavy atom. The molecule has 1 aliphatic rings. The van der Waals surface area contributed by atoms with Crippen molar-refractivity contribution in [3.05, 3.63) is 53.6 Å². The highest BCUT2D eigenvalue weighted by Crippen LogP contribution is 2.23. The second-order valence-electron chi connectivity index (χ2n) is 7.82. The number of amides is 2. The molecule has 1 unspecified atom stereocenters. The largest absolute Gasteiger partial charge is 0.494 e. The second kappa shape index (κ2) is 12.0. The lowest BCUT2D eigenvalue weighted by atomic mass is 10.1. The van der Waals surface area contributed by atoms with Gasteiger partial charge in [-0.1, -0.05) is 12.1 Å². The second-order valence-corrected chi connectivity index (χ2v) is 7.82. The van der Waals surface area contributed by atoms with Gasteiger partial charge in [-0.3, -0.25) is 9.59 Å². The molecule has 1 saturated heterocycles. The van der Waals surface area contributed by atoms with E-state index in [-0.39, 0.29) is 11.8 Å². The van der Waals surface area contributed by atoms with E-state index in [4.69, 9.17) is 20.9 Å². The molecule has 1 atom stereocenters. The number of benzene rings is 2. The predicted molar refractivity (Wildman–Crippen MR) is 124 cm³/mol. The van der Waals surface area contributed by atoms with Gasteiger partial charge >= 0.3 is 0 Å². The number of nitrogen functional groups attached to an aromatic ring is 1. The van der Waals surface area contributed by atoms with Gasteiger partial charge in [0.1, 0.15) is 17.5 Å². The standard InChI is InChI=1S/C24H32N4O4/c25-16-17-5-8-19(9-6-17)31-13-3-1-2-4-14-32-22-15-18(26)7-10-20(22)23(29)28-21-11-12-27-24(21)30/h5-10,15,21H,1-4,11-14,16,25-26H2,(H,27,30)(H,28,29). The summed E-state index contributed by atoms with van der Waals surface area (Å²) in [6.45, 7) is 2.24. The van der Waals surface area contributed by atoms with Gasteiger partial charge < -0.3 is 31.6 Å². The van der Waals surface area contributed by atoms with Crippen LogP contribution in [-0.2, 0) is 11.3 Å². The molecule has 0 aromatic heterocycles. The molecule has 0 aliphatic carbocycles. The maximum Gasteiger partial charge on any atom is 0.255 e. The average Bonchev–Trinajstić information content (AvgIpc) is 3.20. The van der Waals surface area contributed by atoms with E-state index >= 15 is 0 Å². The minimum absolute atomic E-state index is 0.159. The topological polar surface area (TPSA) is 129 Å². The van der Waals surface area contributed by atoms with Gasteiger partial charge in [-0.2, -0.15) is 0 Å². The number of anilines is 1. The van der Waals surface area contributed by atoms with Crippen LogP contribution < -0.4 is 31.6 Å². The normalized spacial score (nSPS) is 15.3. The summed E-state index contributed by atoms with van der Waals surface area (Å²) in [6, 6.07) is 12.2. The Balaban J connectivity index is 1.36. The number of carbonyl (C=O) groups is 2. The third-order valence-electron chi connectivity index (χ3n) is 5.33. The van der Waals surface area contributed by atoms with Crippen LogP contribution in [0.1, 0.15) is 48.0 Å². The van der Waals surface area contributed by atoms with Crippen molar-refractivity contribution in [3.8, 4) is 11.5 Å². The Morgan fingerprint density at radius 3 is 2.41 bits per heavy atom. The summed E-state index contributed by atoms with van der Waals surface area (Å²) in [7, 11) is 0. The first kappa shape index (κ1) is 23.4. The number of hydrogen-bond acceptors (Lipinski definition) is 6. The molecule has 2 amide bonds. The van der Waals surface area contributed by atoms with Gasteiger partial charge in [-0.05, 0) is 61.9 Å². The van der Waals surface area contributed by atoms with E-state index in [0.29, 0.717) is 49.7 Å². The van der Waals surface area contributed by atoms with Crippen molar-refractivity contribution in [2.45, 2.75) is 44.7 Å². The quantitative estimate of drug-likeness (QED) is 0.296. The van der Waals surface area contributed by atoms with Gasteiger partial charge in [-0.25, -0.2) is 0 Å². The van der Waals surface area contributed by atoms with E-state index in [1.54, 1.807) is 18.2 Å². The van der Waals surface area contributed by atoms with Crippen molar-refractivity contribution in [2.24, 2.45) is 5.73 Å². The minimum atomic E-state index is -0.506. The number of rotatable bonds is 12. The molecule has 2 aromatic rings. The van der Waals surface area contributed by atoms with Crippen LogP contribution in [0.15, 0.2) is 42.5 Å². The van der Waals surface area contributed by atoms with E-state index in [9.17, 15) is 9.59 Å². The molecule has 8 heteroatoms. The van der Waals surface area contributed by atoms with E-state index < -0.39 is 6.04 Å². The molecule has 6 N–H and O–H groups in total. The van der Waals surface area contributed by atoms with E-state index in [1.807, 2.05) is 24.3 Å². The van der Waals surface area contributed by atoms with Crippen molar-refractivity contribution in [1.29, 1.82) is 0 Å². The third kappa shape index (κ3) is 6.88. The summed E-state index contributed by atoms with van der Waals surface area (Å²) < 4.78 is 11.6. The zero-order valence-corrected chi connectivity index (χ0v) is 18.3. The van der Waals surface area contributed by atoms with E-state index in [2.05, 4.69) is 10.6 Å². The Labute approximate surface area is 188 Å². The minimum Gasteiger partial charge on any atom is -0.494 e. The lowest BCUT2D eigenvalue weighted by Crippen LogP contribution is -2.40. The molecule has 3 rings (SSSR count). The molecule has 1 heterocycles. The SMILES string of the molecule is NCc1ccc(OCCCCCCOc2cc(N)ccc2C(=O)NC2CCNC2=O)cc1. The van der Waals surface area contributed by atoms with Gasteiger partial charge in [0.15, 0.2) is 0 Å². The molecular formula is C24H32N4O4. The Hall–Kier alpha value is -3.26. The molecule has 0 radical (unpaired) electrons. The highest BCUT2D eigenvalue weighted by molar-refractivity contribution is 6.00. The average molecular weight is 441 g/mol. The number of ether oxygens (including phenoxy) is 2. The summed E-state index contributed by atoms with van der Waals surface area (Å²) in [5, 5.41) is 5.47. The Morgan fingerprint density at radius 1 is 1.03 bits per heavy atom. The van der Waals surface area contributed by atoms with Gasteiger partial charge in [0.25, 0.3) is 5.91 Å². The van der Waals surface area contributed by atoms with Crippen molar-refractivity contribution in [1.82, 2.24) is 10.6 Å². The predicted octanol–water partition coefficient (Wildman–Crippen LogP) is 2.36. The summed E-state index contributed by atoms with van der Waals surface area (Å²) in [5.41, 5.74) is 13.4. The van der Waals surface area contributed by atoms with E-state index in [1.165, 1.54) is 0 Å². The first-order chi connectivity index (χ1) is 15.6. The van der Waals surface area contributed by atoms with Crippen LogP contribution in [0.5, 0.6) is 11.5 Å². The molecular weight excluding hydrogens is 408 g/mol. The monoisotopic (exact) mass is 440 g/mol. The first-order valence-electron chi connectivity index (χ1n) is 11.1. The number of nitrogens with one attached hydrogen (secondary N) is 2. The molecule has 1 aliphatic heterocycles. The van der Waals surface area contributed by atoms with Crippen molar-refractivity contribution >= 4 is 17.5 Å². The number of nitrogens with two attached hydrogens (primary N) is 2. The third-order valence-corrected chi connectivity index (χ3v) is 5.33. The van der Waals surface area contributed by atoms with Crippen molar-refractivity contribution in [3.63, 3.8) is 0 Å². The lowest BCUT2D eigenvalue weighted by Gasteiger charge is -2.14. The van der Waals surface area contributed by atoms with Crippen LogP contribution in [0.3, 0.4) is 0 Å². The van der Waals surface area contributed by atoms with Crippen LogP contribution in [-0.4, -0.2) is 37.6 Å². The van der Waals surface area contributed by atoms with Gasteiger partial charge in [0.05, 0.1) is 18.8 Å². The summed E-state index contributed by atoms with van der Waals surface area (Å²) in [5.74, 6) is 0.796. The maximum atomic E-state index is 12.6. The van der Waals surface area contributed by atoms with Gasteiger partial charge in [0, 0.05) is 24.8 Å². The summed E-state index contributed by atoms with van der Waals surface area (Å²) in [6.07, 6.45) is 4.39. The molecule has 0 saturated carbocycles. The molecule has 0 spiro atoms.